The molecule has 1 radical (unpaired) electrons. The molecule has 1 rings (SSSR count). The lowest BCUT2D eigenvalue weighted by Gasteiger charge is -2.22. The van der Waals surface area contributed by atoms with Gasteiger partial charge in [0, 0.05) is 33.1 Å². The molecule has 0 aromatic rings. The first-order valence-corrected chi connectivity index (χ1v) is 6.11. The van der Waals surface area contributed by atoms with Gasteiger partial charge in [-0.3, -0.25) is 4.79 Å². The zero-order valence-corrected chi connectivity index (χ0v) is 10.0. The summed E-state index contributed by atoms with van der Waals surface area (Å²) in [5, 5.41) is 4.39. The third kappa shape index (κ3) is 4.65. The molecule has 0 aromatic carbocycles. The Kier molecular flexibility index (Phi) is 5.69. The minimum Gasteiger partial charge on any atom is -0.346 e. The van der Waals surface area contributed by atoms with Gasteiger partial charge in [0.25, 0.3) is 0 Å². The van der Waals surface area contributed by atoms with Crippen LogP contribution in [0, 0.1) is 5.92 Å². The number of piperidine rings is 1. The predicted octanol–water partition coefficient (Wildman–Crippen LogP) is 1.65. The number of amides is 1. The minimum absolute atomic E-state index is 0.294. The average Bonchev–Trinajstić information content (AvgIpc) is 2.27. The van der Waals surface area contributed by atoms with Crippen LogP contribution in [0.3, 0.4) is 0 Å². The van der Waals surface area contributed by atoms with Crippen molar-refractivity contribution in [2.24, 2.45) is 5.92 Å². The summed E-state index contributed by atoms with van der Waals surface area (Å²) in [6.45, 7) is 4.99. The molecule has 1 unspecified atom stereocenters. The van der Waals surface area contributed by atoms with Gasteiger partial charge in [0.05, 0.1) is 0 Å². The molecule has 1 fully saturated rings. The van der Waals surface area contributed by atoms with E-state index in [1.807, 2.05) is 11.9 Å². The molecule has 1 heterocycles. The summed E-state index contributed by atoms with van der Waals surface area (Å²) in [4.78, 5) is 13.5. The van der Waals surface area contributed by atoms with Crippen LogP contribution in [-0.2, 0) is 4.79 Å². The summed E-state index contributed by atoms with van der Waals surface area (Å²) in [6.07, 6.45) is 5.24. The summed E-state index contributed by atoms with van der Waals surface area (Å²) in [5.41, 5.74) is 0. The molecule has 1 aliphatic heterocycles. The molecular weight excluding hydrogens is 188 g/mol. The van der Waals surface area contributed by atoms with E-state index in [1.165, 1.54) is 12.8 Å². The van der Waals surface area contributed by atoms with Crippen LogP contribution in [0.15, 0.2) is 0 Å². The molecule has 3 nitrogen and oxygen atoms in total. The highest BCUT2D eigenvalue weighted by Crippen LogP contribution is 2.17. The first-order valence-electron chi connectivity index (χ1n) is 6.11. The van der Waals surface area contributed by atoms with Crippen LogP contribution < -0.4 is 5.32 Å². The van der Waals surface area contributed by atoms with E-state index in [9.17, 15) is 4.79 Å². The van der Waals surface area contributed by atoms with Crippen LogP contribution in [0.4, 0.5) is 0 Å². The number of hydrogen-bond acceptors (Lipinski definition) is 1. The first kappa shape index (κ1) is 12.5. The van der Waals surface area contributed by atoms with Gasteiger partial charge in [-0.05, 0) is 31.6 Å². The molecule has 3 heteroatoms. The Bertz CT molecular complexity index is 188. The van der Waals surface area contributed by atoms with Crippen molar-refractivity contribution >= 4 is 5.91 Å². The summed E-state index contributed by atoms with van der Waals surface area (Å²) in [6, 6.07) is 0. The fourth-order valence-electron chi connectivity index (χ4n) is 2.07. The summed E-state index contributed by atoms with van der Waals surface area (Å²) in [5.74, 6) is 0.958. The molecule has 1 aliphatic rings. The summed E-state index contributed by atoms with van der Waals surface area (Å²) < 4.78 is 0. The van der Waals surface area contributed by atoms with Crippen molar-refractivity contribution < 1.29 is 4.79 Å². The molecule has 1 saturated heterocycles. The lowest BCUT2D eigenvalue weighted by Crippen LogP contribution is -2.29. The van der Waals surface area contributed by atoms with E-state index in [4.69, 9.17) is 0 Å². The normalized spacial score (nSPS) is 21.3. The molecule has 0 N–H and O–H groups in total. The smallest absolute Gasteiger partial charge is 0.222 e. The Morgan fingerprint density at radius 3 is 2.93 bits per heavy atom. The average molecular weight is 211 g/mol. The summed E-state index contributed by atoms with van der Waals surface area (Å²) in [7, 11) is 1.90. The maximum absolute atomic E-state index is 11.7. The SMILES string of the molecule is CCCN(C)C(=O)CCC1CCC[N]C1. The van der Waals surface area contributed by atoms with Gasteiger partial charge in [-0.2, -0.15) is 0 Å². The van der Waals surface area contributed by atoms with Gasteiger partial charge >= 0.3 is 0 Å². The second kappa shape index (κ2) is 6.83. The quantitative estimate of drug-likeness (QED) is 0.681. The Hall–Kier alpha value is -0.570. The molecule has 0 aromatic heterocycles. The number of nitrogens with zero attached hydrogens (tertiary/aromatic N) is 2. The Labute approximate surface area is 93.2 Å². The maximum Gasteiger partial charge on any atom is 0.222 e. The van der Waals surface area contributed by atoms with Crippen molar-refractivity contribution in [1.29, 1.82) is 0 Å². The topological polar surface area (TPSA) is 34.4 Å². The largest absolute Gasteiger partial charge is 0.346 e. The number of rotatable bonds is 5. The second-order valence-corrected chi connectivity index (χ2v) is 4.49. The standard InChI is InChI=1S/C12H23N2O/c1-3-9-14(2)12(15)7-6-11-5-4-8-13-10-11/h11H,3-10H2,1-2H3. The van der Waals surface area contributed by atoms with Crippen molar-refractivity contribution in [2.75, 3.05) is 26.7 Å². The Balaban J connectivity index is 2.14. The van der Waals surface area contributed by atoms with Crippen molar-refractivity contribution in [2.45, 2.75) is 39.0 Å². The highest BCUT2D eigenvalue weighted by atomic mass is 16.2. The van der Waals surface area contributed by atoms with Gasteiger partial charge in [0.15, 0.2) is 0 Å². The van der Waals surface area contributed by atoms with Crippen LogP contribution in [0.5, 0.6) is 0 Å². The van der Waals surface area contributed by atoms with Crippen LogP contribution >= 0.6 is 0 Å². The molecule has 87 valence electrons. The summed E-state index contributed by atoms with van der Waals surface area (Å²) >= 11 is 0. The lowest BCUT2D eigenvalue weighted by atomic mass is 9.94. The molecule has 0 spiro atoms. The lowest BCUT2D eigenvalue weighted by molar-refractivity contribution is -0.130. The minimum atomic E-state index is 0.294. The third-order valence-electron chi connectivity index (χ3n) is 3.07. The third-order valence-corrected chi connectivity index (χ3v) is 3.07. The Morgan fingerprint density at radius 2 is 2.33 bits per heavy atom. The second-order valence-electron chi connectivity index (χ2n) is 4.49. The van der Waals surface area contributed by atoms with Crippen LogP contribution in [0.25, 0.3) is 0 Å². The molecule has 0 saturated carbocycles. The van der Waals surface area contributed by atoms with E-state index in [0.29, 0.717) is 18.2 Å². The zero-order valence-electron chi connectivity index (χ0n) is 10.0. The van der Waals surface area contributed by atoms with Crippen LogP contribution in [0.1, 0.15) is 39.0 Å². The maximum atomic E-state index is 11.7. The van der Waals surface area contributed by atoms with Crippen molar-refractivity contribution in [1.82, 2.24) is 10.2 Å². The van der Waals surface area contributed by atoms with Crippen molar-refractivity contribution in [3.8, 4) is 0 Å². The van der Waals surface area contributed by atoms with Crippen LogP contribution in [-0.4, -0.2) is 37.5 Å². The van der Waals surface area contributed by atoms with Gasteiger partial charge in [-0.1, -0.05) is 6.92 Å². The Morgan fingerprint density at radius 1 is 1.53 bits per heavy atom. The highest BCUT2D eigenvalue weighted by Gasteiger charge is 2.16. The van der Waals surface area contributed by atoms with Crippen molar-refractivity contribution in [3.05, 3.63) is 0 Å². The van der Waals surface area contributed by atoms with E-state index in [-0.39, 0.29) is 0 Å². The number of carbonyl (C=O) groups is 1. The van der Waals surface area contributed by atoms with E-state index in [0.717, 1.165) is 32.5 Å². The number of carbonyl (C=O) groups excluding carboxylic acids is 1. The molecule has 1 amide bonds. The molecule has 0 bridgehead atoms. The molecule has 15 heavy (non-hydrogen) atoms. The van der Waals surface area contributed by atoms with E-state index < -0.39 is 0 Å². The first-order chi connectivity index (χ1) is 7.24. The molecular formula is C12H23N2O. The monoisotopic (exact) mass is 211 g/mol. The van der Waals surface area contributed by atoms with Gasteiger partial charge in [0.1, 0.15) is 0 Å². The van der Waals surface area contributed by atoms with E-state index in [2.05, 4.69) is 12.2 Å². The van der Waals surface area contributed by atoms with Crippen molar-refractivity contribution in [3.63, 3.8) is 0 Å². The zero-order chi connectivity index (χ0) is 11.1. The van der Waals surface area contributed by atoms with Gasteiger partial charge in [0.2, 0.25) is 5.91 Å². The van der Waals surface area contributed by atoms with Gasteiger partial charge < -0.3 is 4.90 Å². The fraction of sp³-hybridized carbons (Fsp3) is 0.917. The van der Waals surface area contributed by atoms with E-state index >= 15 is 0 Å². The van der Waals surface area contributed by atoms with Crippen LogP contribution in [0.2, 0.25) is 0 Å². The predicted molar refractivity (Wildman–Crippen MR) is 61.8 cm³/mol. The highest BCUT2D eigenvalue weighted by molar-refractivity contribution is 5.75. The van der Waals surface area contributed by atoms with Gasteiger partial charge in [-0.25, -0.2) is 5.32 Å². The van der Waals surface area contributed by atoms with E-state index in [1.54, 1.807) is 0 Å². The molecule has 0 aliphatic carbocycles. The molecule has 1 atom stereocenters. The number of hydrogen-bond donors (Lipinski definition) is 0. The van der Waals surface area contributed by atoms with Gasteiger partial charge in [-0.15, -0.1) is 0 Å². The fourth-order valence-corrected chi connectivity index (χ4v) is 2.07.